The van der Waals surface area contributed by atoms with Crippen LogP contribution in [0.3, 0.4) is 0 Å². The highest BCUT2D eigenvalue weighted by Gasteiger charge is 2.53. The molecular formula is C21H33N5O2. The van der Waals surface area contributed by atoms with Gasteiger partial charge in [-0.1, -0.05) is 0 Å². The van der Waals surface area contributed by atoms with E-state index in [0.717, 1.165) is 57.4 Å². The minimum absolute atomic E-state index is 0.0214. The van der Waals surface area contributed by atoms with E-state index in [4.69, 9.17) is 0 Å². The van der Waals surface area contributed by atoms with Crippen LogP contribution in [0.25, 0.3) is 0 Å². The van der Waals surface area contributed by atoms with E-state index in [9.17, 15) is 9.59 Å². The van der Waals surface area contributed by atoms with Gasteiger partial charge in [0.25, 0.3) is 0 Å². The number of nitrogens with one attached hydrogen (secondary N) is 1. The average molecular weight is 388 g/mol. The van der Waals surface area contributed by atoms with Crippen molar-refractivity contribution in [3.63, 3.8) is 0 Å². The number of carbonyl (C=O) groups excluding carboxylic acids is 2. The van der Waals surface area contributed by atoms with Crippen LogP contribution >= 0.6 is 0 Å². The van der Waals surface area contributed by atoms with Crippen molar-refractivity contribution in [1.82, 2.24) is 24.9 Å². The molecule has 3 fully saturated rings. The lowest BCUT2D eigenvalue weighted by Gasteiger charge is -2.54. The maximum absolute atomic E-state index is 13.3. The Hall–Kier alpha value is -1.89. The van der Waals surface area contributed by atoms with Crippen LogP contribution in [0.1, 0.15) is 50.6 Å². The predicted octanol–water partition coefficient (Wildman–Crippen LogP) is 1.56. The number of carbonyl (C=O) groups is 2. The molecule has 2 amide bonds. The summed E-state index contributed by atoms with van der Waals surface area (Å²) in [7, 11) is 2.09. The van der Waals surface area contributed by atoms with Gasteiger partial charge in [0.1, 0.15) is 0 Å². The van der Waals surface area contributed by atoms with Gasteiger partial charge in [-0.05, 0) is 65.1 Å². The van der Waals surface area contributed by atoms with Gasteiger partial charge in [-0.25, -0.2) is 0 Å². The van der Waals surface area contributed by atoms with Gasteiger partial charge in [-0.15, -0.1) is 0 Å². The van der Waals surface area contributed by atoms with Crippen LogP contribution in [0, 0.1) is 12.3 Å². The fourth-order valence-electron chi connectivity index (χ4n) is 5.03. The van der Waals surface area contributed by atoms with Gasteiger partial charge in [0, 0.05) is 38.3 Å². The Balaban J connectivity index is 1.48. The lowest BCUT2D eigenvalue weighted by Crippen LogP contribution is -2.67. The maximum Gasteiger partial charge on any atom is 0.228 e. The number of amides is 2. The molecule has 0 spiro atoms. The van der Waals surface area contributed by atoms with E-state index in [2.05, 4.69) is 22.4 Å². The van der Waals surface area contributed by atoms with E-state index < -0.39 is 5.41 Å². The molecule has 1 aromatic heterocycles. The van der Waals surface area contributed by atoms with Gasteiger partial charge in [0.05, 0.1) is 17.2 Å². The molecule has 28 heavy (non-hydrogen) atoms. The second-order valence-electron chi connectivity index (χ2n) is 8.95. The van der Waals surface area contributed by atoms with Crippen molar-refractivity contribution in [2.75, 3.05) is 26.7 Å². The van der Waals surface area contributed by atoms with Crippen LogP contribution in [0.15, 0.2) is 12.3 Å². The fourth-order valence-corrected chi connectivity index (χ4v) is 5.03. The number of rotatable bonds is 5. The van der Waals surface area contributed by atoms with E-state index in [-0.39, 0.29) is 17.9 Å². The van der Waals surface area contributed by atoms with Crippen molar-refractivity contribution in [3.05, 3.63) is 18.0 Å². The van der Waals surface area contributed by atoms with Crippen LogP contribution < -0.4 is 5.32 Å². The third kappa shape index (κ3) is 3.69. The van der Waals surface area contributed by atoms with E-state index >= 15 is 0 Å². The van der Waals surface area contributed by atoms with Crippen molar-refractivity contribution in [2.24, 2.45) is 5.41 Å². The second kappa shape index (κ2) is 7.85. The summed E-state index contributed by atoms with van der Waals surface area (Å²) in [6, 6.07) is 2.28. The largest absolute Gasteiger partial charge is 0.353 e. The number of fused-ring (bicyclic) bond motifs is 1. The summed E-state index contributed by atoms with van der Waals surface area (Å²) in [5.74, 6) is 0.337. The molecule has 0 unspecified atom stereocenters. The first-order chi connectivity index (χ1) is 13.5. The number of hydrogen-bond donors (Lipinski definition) is 1. The van der Waals surface area contributed by atoms with E-state index in [1.165, 1.54) is 6.42 Å². The fraction of sp³-hybridized carbons (Fsp3) is 0.762. The van der Waals surface area contributed by atoms with Gasteiger partial charge in [-0.2, -0.15) is 5.10 Å². The van der Waals surface area contributed by atoms with E-state index in [0.29, 0.717) is 19.0 Å². The molecule has 0 radical (unpaired) electrons. The Morgan fingerprint density at radius 1 is 1.25 bits per heavy atom. The van der Waals surface area contributed by atoms with Crippen LogP contribution in [-0.4, -0.2) is 70.2 Å². The Morgan fingerprint density at radius 2 is 2.07 bits per heavy atom. The molecule has 4 rings (SSSR count). The second-order valence-corrected chi connectivity index (χ2v) is 8.95. The molecular weight excluding hydrogens is 354 g/mol. The van der Waals surface area contributed by atoms with Crippen molar-refractivity contribution in [1.29, 1.82) is 0 Å². The summed E-state index contributed by atoms with van der Waals surface area (Å²) in [4.78, 5) is 30.7. The van der Waals surface area contributed by atoms with Crippen LogP contribution in [-0.2, 0) is 16.1 Å². The Morgan fingerprint density at radius 3 is 2.75 bits per heavy atom. The highest BCUT2D eigenvalue weighted by atomic mass is 16.2. The molecule has 7 heteroatoms. The molecule has 1 aliphatic carbocycles. The van der Waals surface area contributed by atoms with Gasteiger partial charge < -0.3 is 15.1 Å². The first-order valence-corrected chi connectivity index (χ1v) is 10.8. The van der Waals surface area contributed by atoms with Crippen molar-refractivity contribution in [2.45, 2.75) is 70.5 Å². The zero-order valence-corrected chi connectivity index (χ0v) is 17.2. The monoisotopic (exact) mass is 387 g/mol. The summed E-state index contributed by atoms with van der Waals surface area (Å²) in [6.45, 7) is 5.00. The lowest BCUT2D eigenvalue weighted by atomic mass is 9.67. The number of nitrogens with zero attached hydrogens (tertiary/aromatic N) is 4. The molecule has 154 valence electrons. The highest BCUT2D eigenvalue weighted by molar-refractivity contribution is 5.86. The molecule has 2 saturated heterocycles. The smallest absolute Gasteiger partial charge is 0.228 e. The topological polar surface area (TPSA) is 70.5 Å². The number of hydrogen-bond acceptors (Lipinski definition) is 4. The average Bonchev–Trinajstić information content (AvgIpc) is 3.07. The third-order valence-corrected chi connectivity index (χ3v) is 7.00. The van der Waals surface area contributed by atoms with Crippen LogP contribution in [0.4, 0.5) is 0 Å². The Kier molecular flexibility index (Phi) is 5.45. The first kappa shape index (κ1) is 19.4. The molecule has 2 atom stereocenters. The summed E-state index contributed by atoms with van der Waals surface area (Å²) < 4.78 is 1.83. The number of piperidine rings is 2. The van der Waals surface area contributed by atoms with E-state index in [1.807, 2.05) is 28.8 Å². The van der Waals surface area contributed by atoms with Gasteiger partial charge in [0.2, 0.25) is 11.8 Å². The van der Waals surface area contributed by atoms with Gasteiger partial charge in [-0.3, -0.25) is 14.3 Å². The summed E-state index contributed by atoms with van der Waals surface area (Å²) in [5, 5.41) is 7.69. The predicted molar refractivity (Wildman–Crippen MR) is 107 cm³/mol. The normalized spacial score (nSPS) is 28.5. The van der Waals surface area contributed by atoms with Crippen LogP contribution in [0.5, 0.6) is 0 Å². The Labute approximate surface area is 167 Å². The van der Waals surface area contributed by atoms with Gasteiger partial charge >= 0.3 is 0 Å². The molecule has 0 bridgehead atoms. The highest BCUT2D eigenvalue weighted by Crippen LogP contribution is 2.43. The minimum atomic E-state index is -0.418. The number of aryl methyl sites for hydroxylation is 2. The zero-order chi connectivity index (χ0) is 19.7. The van der Waals surface area contributed by atoms with Crippen LogP contribution in [0.2, 0.25) is 0 Å². The number of likely N-dealkylation sites (N-methyl/N-ethyl adjacent to an activating group) is 1. The first-order valence-electron chi connectivity index (χ1n) is 10.8. The lowest BCUT2D eigenvalue weighted by molar-refractivity contribution is -0.154. The molecule has 1 aromatic rings. The summed E-state index contributed by atoms with van der Waals surface area (Å²) in [6.07, 6.45) is 8.40. The number of likely N-dealkylation sites (tertiary alicyclic amines) is 2. The standard InChI is InChI=1S/C21H33N5O2/c1-16-7-12-25(23-16)13-8-19(27)26-11-4-9-21(10-14-24(2)15-18(21)26)20(28)22-17-5-3-6-17/h7,12,17-18H,3-6,8-11,13-15H2,1-2H3,(H,22,28)/t18-,21+/m0/s1. The van der Waals surface area contributed by atoms with Crippen molar-refractivity contribution in [3.8, 4) is 0 Å². The molecule has 2 aliphatic heterocycles. The van der Waals surface area contributed by atoms with Gasteiger partial charge in [0.15, 0.2) is 0 Å². The van der Waals surface area contributed by atoms with E-state index in [1.54, 1.807) is 0 Å². The summed E-state index contributed by atoms with van der Waals surface area (Å²) in [5.41, 5.74) is 0.546. The molecule has 1 N–H and O–H groups in total. The molecule has 3 heterocycles. The number of aromatic nitrogens is 2. The molecule has 7 nitrogen and oxygen atoms in total. The quantitative estimate of drug-likeness (QED) is 0.832. The third-order valence-electron chi connectivity index (χ3n) is 7.00. The maximum atomic E-state index is 13.3. The summed E-state index contributed by atoms with van der Waals surface area (Å²) >= 11 is 0. The SMILES string of the molecule is Cc1ccn(CCC(=O)N2CCC[C@@]3(C(=O)NC4CCC4)CCN(C)C[C@H]23)n1. The van der Waals surface area contributed by atoms with Crippen molar-refractivity contribution >= 4 is 11.8 Å². The molecule has 0 aromatic carbocycles. The molecule has 3 aliphatic rings. The van der Waals surface area contributed by atoms with Crippen molar-refractivity contribution < 1.29 is 9.59 Å². The molecule has 1 saturated carbocycles. The minimum Gasteiger partial charge on any atom is -0.353 e. The zero-order valence-electron chi connectivity index (χ0n) is 17.2. The Bertz CT molecular complexity index is 728.